The molecule has 2 N–H and O–H groups in total. The van der Waals surface area contributed by atoms with Crippen molar-refractivity contribution in [3.8, 4) is 0 Å². The van der Waals surface area contributed by atoms with Gasteiger partial charge in [-0.1, -0.05) is 77.6 Å². The number of hydrogen-bond acceptors (Lipinski definition) is 9. The lowest BCUT2D eigenvalue weighted by atomic mass is 10.1. The quantitative estimate of drug-likeness (QED) is 0.0758. The number of hydrogen-bond donors (Lipinski definition) is 2. The molecule has 0 heterocycles. The van der Waals surface area contributed by atoms with E-state index in [1.54, 1.807) is 7.11 Å². The largest absolute Gasteiger partial charge is 0.449 e. The Morgan fingerprint density at radius 3 is 1.51 bits per heavy atom. The highest BCUT2D eigenvalue weighted by molar-refractivity contribution is 5.67. The van der Waals surface area contributed by atoms with Crippen LogP contribution in [-0.2, 0) is 33.2 Å². The van der Waals surface area contributed by atoms with Crippen molar-refractivity contribution < 1.29 is 42.7 Å². The van der Waals surface area contributed by atoms with E-state index in [4.69, 9.17) is 33.2 Å². The van der Waals surface area contributed by atoms with Crippen LogP contribution in [0.5, 0.6) is 0 Å². The minimum absolute atomic E-state index is 0.114. The molecule has 0 rings (SSSR count). The predicted octanol–water partition coefficient (Wildman–Crippen LogP) is 6.80. The molecule has 0 spiro atoms. The van der Waals surface area contributed by atoms with Gasteiger partial charge in [-0.3, -0.25) is 0 Å². The summed E-state index contributed by atoms with van der Waals surface area (Å²) in [5.74, 6) is 0. The van der Waals surface area contributed by atoms with E-state index in [1.807, 2.05) is 27.7 Å². The van der Waals surface area contributed by atoms with Gasteiger partial charge in [0.1, 0.15) is 6.61 Å². The van der Waals surface area contributed by atoms with Gasteiger partial charge in [0, 0.05) is 39.8 Å². The SMILES string of the molecule is CCCCCCCCCCCCCCOCCCOC(=O)NCCOCCOCCNC(=O)OCC(C)(C)OCC(C)(C)OC. The molecular formula is C34H68N2O9. The molecule has 0 aromatic carbocycles. The molecule has 268 valence electrons. The van der Waals surface area contributed by atoms with Crippen molar-refractivity contribution in [1.82, 2.24) is 10.6 Å². The number of nitrogens with one attached hydrogen (secondary N) is 2. The zero-order valence-corrected chi connectivity index (χ0v) is 29.6. The van der Waals surface area contributed by atoms with Crippen LogP contribution in [0.15, 0.2) is 0 Å². The lowest BCUT2D eigenvalue weighted by Gasteiger charge is -2.30. The number of amides is 2. The van der Waals surface area contributed by atoms with E-state index in [-0.39, 0.29) is 6.61 Å². The highest BCUT2D eigenvalue weighted by Crippen LogP contribution is 2.16. The molecule has 2 amide bonds. The first-order valence-corrected chi connectivity index (χ1v) is 17.4. The first-order chi connectivity index (χ1) is 21.6. The molecule has 11 nitrogen and oxygen atoms in total. The number of unbranched alkanes of at least 4 members (excludes halogenated alkanes) is 11. The summed E-state index contributed by atoms with van der Waals surface area (Å²) in [6, 6.07) is 0. The van der Waals surface area contributed by atoms with Crippen molar-refractivity contribution in [3.05, 3.63) is 0 Å². The number of carbonyl (C=O) groups excluding carboxylic acids is 2. The summed E-state index contributed by atoms with van der Waals surface area (Å²) < 4.78 is 38.0. The van der Waals surface area contributed by atoms with Gasteiger partial charge in [0.05, 0.1) is 50.8 Å². The van der Waals surface area contributed by atoms with Crippen molar-refractivity contribution >= 4 is 12.2 Å². The maximum absolute atomic E-state index is 11.9. The molecule has 0 bridgehead atoms. The summed E-state index contributed by atoms with van der Waals surface area (Å²) in [5, 5.41) is 5.29. The normalized spacial score (nSPS) is 11.9. The molecule has 0 saturated carbocycles. The molecule has 0 aliphatic carbocycles. The molecule has 0 saturated heterocycles. The van der Waals surface area contributed by atoms with Crippen molar-refractivity contribution in [2.45, 2.75) is 129 Å². The number of carbonyl (C=O) groups is 2. The van der Waals surface area contributed by atoms with Crippen LogP contribution in [0.25, 0.3) is 0 Å². The van der Waals surface area contributed by atoms with E-state index in [9.17, 15) is 9.59 Å². The van der Waals surface area contributed by atoms with Crippen LogP contribution in [-0.4, -0.2) is 103 Å². The van der Waals surface area contributed by atoms with E-state index in [0.717, 1.165) is 13.0 Å². The molecule has 45 heavy (non-hydrogen) atoms. The average molecular weight is 649 g/mol. The molecule has 0 aromatic rings. The summed E-state index contributed by atoms with van der Waals surface area (Å²) in [5.41, 5.74) is -1.04. The second-order valence-corrected chi connectivity index (χ2v) is 12.7. The van der Waals surface area contributed by atoms with Gasteiger partial charge in [-0.25, -0.2) is 9.59 Å². The lowest BCUT2D eigenvalue weighted by molar-refractivity contribution is -0.121. The Morgan fingerprint density at radius 2 is 0.978 bits per heavy atom. The first-order valence-electron chi connectivity index (χ1n) is 17.4. The minimum Gasteiger partial charge on any atom is -0.449 e. The molecular weight excluding hydrogens is 580 g/mol. The van der Waals surface area contributed by atoms with E-state index < -0.39 is 23.4 Å². The van der Waals surface area contributed by atoms with Gasteiger partial charge >= 0.3 is 12.2 Å². The fraction of sp³-hybridized carbons (Fsp3) is 0.941. The molecule has 0 aliphatic heterocycles. The Hall–Kier alpha value is -1.66. The summed E-state index contributed by atoms with van der Waals surface area (Å²) in [6.07, 6.45) is 15.7. The average Bonchev–Trinajstić information content (AvgIpc) is 3.01. The molecule has 0 fully saturated rings. The zero-order valence-electron chi connectivity index (χ0n) is 29.6. The van der Waals surface area contributed by atoms with E-state index in [1.165, 1.54) is 70.6 Å². The molecule has 0 aliphatic rings. The first kappa shape index (κ1) is 43.3. The Labute approximate surface area is 274 Å². The van der Waals surface area contributed by atoms with Crippen LogP contribution in [0.2, 0.25) is 0 Å². The molecule has 0 aromatic heterocycles. The smallest absolute Gasteiger partial charge is 0.407 e. The fourth-order valence-corrected chi connectivity index (χ4v) is 4.06. The second kappa shape index (κ2) is 29.7. The Bertz CT molecular complexity index is 693. The van der Waals surface area contributed by atoms with Gasteiger partial charge in [-0.2, -0.15) is 0 Å². The maximum Gasteiger partial charge on any atom is 0.407 e. The van der Waals surface area contributed by atoms with E-state index in [2.05, 4.69) is 17.6 Å². The molecule has 0 unspecified atom stereocenters. The van der Waals surface area contributed by atoms with Crippen molar-refractivity contribution in [2.75, 3.05) is 79.7 Å². The third-order valence-electron chi connectivity index (χ3n) is 7.13. The third kappa shape index (κ3) is 32.1. The number of alkyl carbamates (subject to hydrolysis) is 2. The van der Waals surface area contributed by atoms with Crippen molar-refractivity contribution in [1.29, 1.82) is 0 Å². The molecule has 11 heteroatoms. The molecule has 0 atom stereocenters. The van der Waals surface area contributed by atoms with Gasteiger partial charge in [-0.15, -0.1) is 0 Å². The van der Waals surface area contributed by atoms with Gasteiger partial charge in [0.25, 0.3) is 0 Å². The summed E-state index contributed by atoms with van der Waals surface area (Å²) in [4.78, 5) is 23.6. The Kier molecular flexibility index (Phi) is 28.6. The van der Waals surface area contributed by atoms with Gasteiger partial charge in [-0.05, 0) is 34.1 Å². The fourth-order valence-electron chi connectivity index (χ4n) is 4.06. The topological polar surface area (TPSA) is 123 Å². The zero-order chi connectivity index (χ0) is 33.5. The maximum atomic E-state index is 11.9. The van der Waals surface area contributed by atoms with Crippen LogP contribution in [0.4, 0.5) is 9.59 Å². The highest BCUT2D eigenvalue weighted by Gasteiger charge is 2.26. The van der Waals surface area contributed by atoms with Gasteiger partial charge in [0.15, 0.2) is 0 Å². The van der Waals surface area contributed by atoms with Crippen LogP contribution >= 0.6 is 0 Å². The van der Waals surface area contributed by atoms with Gasteiger partial charge in [0.2, 0.25) is 0 Å². The monoisotopic (exact) mass is 648 g/mol. The predicted molar refractivity (Wildman–Crippen MR) is 178 cm³/mol. The molecule has 0 radical (unpaired) electrons. The van der Waals surface area contributed by atoms with Crippen molar-refractivity contribution in [2.24, 2.45) is 0 Å². The Balaban J connectivity index is 3.39. The summed E-state index contributed by atoms with van der Waals surface area (Å²) in [6.45, 7) is 14.1. The van der Waals surface area contributed by atoms with Gasteiger partial charge < -0.3 is 43.8 Å². The minimum atomic E-state index is -0.632. The third-order valence-corrected chi connectivity index (χ3v) is 7.13. The van der Waals surface area contributed by atoms with Crippen molar-refractivity contribution in [3.63, 3.8) is 0 Å². The summed E-state index contributed by atoms with van der Waals surface area (Å²) in [7, 11) is 1.63. The van der Waals surface area contributed by atoms with Crippen LogP contribution in [0.1, 0.15) is 118 Å². The van der Waals surface area contributed by atoms with Crippen LogP contribution in [0, 0.1) is 0 Å². The standard InChI is InChI=1S/C34H68N2O9/c1-7-8-9-10-11-12-13-14-15-16-17-18-22-40-23-19-24-43-31(37)35-20-25-41-27-28-42-26-21-36-32(38)44-29-34(4,5)45-30-33(2,3)39-6/h7-30H2,1-6H3,(H,35,37)(H,36,38). The summed E-state index contributed by atoms with van der Waals surface area (Å²) >= 11 is 0. The number of ether oxygens (including phenoxy) is 7. The second-order valence-electron chi connectivity index (χ2n) is 12.7. The number of rotatable bonds is 32. The number of methoxy groups -OCH3 is 1. The van der Waals surface area contributed by atoms with E-state index >= 15 is 0 Å². The van der Waals surface area contributed by atoms with Crippen LogP contribution < -0.4 is 10.6 Å². The van der Waals surface area contributed by atoms with Crippen LogP contribution in [0.3, 0.4) is 0 Å². The lowest BCUT2D eigenvalue weighted by Crippen LogP contribution is -2.40. The highest BCUT2D eigenvalue weighted by atomic mass is 16.6. The Morgan fingerprint density at radius 1 is 0.511 bits per heavy atom. The van der Waals surface area contributed by atoms with E-state index in [0.29, 0.717) is 65.8 Å².